The Balaban J connectivity index is 0.000000395. The number of alkyl halides is 3. The summed E-state index contributed by atoms with van der Waals surface area (Å²) in [5.41, 5.74) is 1.15. The van der Waals surface area contributed by atoms with Crippen molar-refractivity contribution in [3.8, 4) is 0 Å². The molecule has 0 saturated carbocycles. The highest BCUT2D eigenvalue weighted by atomic mass is 32.2. The van der Waals surface area contributed by atoms with E-state index in [4.69, 9.17) is 4.74 Å². The Kier molecular flexibility index (Phi) is 15.6. The Morgan fingerprint density at radius 2 is 1.52 bits per heavy atom. The van der Waals surface area contributed by atoms with Gasteiger partial charge in [0.2, 0.25) is 0 Å². The van der Waals surface area contributed by atoms with Gasteiger partial charge in [-0.15, -0.1) is 0 Å². The number of benzene rings is 3. The largest absolute Gasteiger partial charge is 0.402 e. The van der Waals surface area contributed by atoms with Crippen LogP contribution in [0.4, 0.5) is 17.6 Å². The molecule has 0 radical (unpaired) electrons. The molecule has 44 heavy (non-hydrogen) atoms. The lowest BCUT2D eigenvalue weighted by atomic mass is 9.96. The van der Waals surface area contributed by atoms with Crippen molar-refractivity contribution in [2.24, 2.45) is 0 Å². The second kappa shape index (κ2) is 17.4. The van der Waals surface area contributed by atoms with Crippen molar-refractivity contribution < 1.29 is 31.6 Å². The molecule has 3 aromatic rings. The van der Waals surface area contributed by atoms with Crippen LogP contribution in [0, 0.1) is 19.7 Å². The molecule has 0 aliphatic carbocycles. The van der Waals surface area contributed by atoms with E-state index in [1.165, 1.54) is 54.8 Å². The first kappa shape index (κ1) is 39.7. The second-order valence-corrected chi connectivity index (χ2v) is 12.5. The molecular formula is C34H50F4N2O3S. The van der Waals surface area contributed by atoms with Crippen LogP contribution < -0.4 is 4.72 Å². The summed E-state index contributed by atoms with van der Waals surface area (Å²) in [5, 5.41) is 12.7. The van der Waals surface area contributed by atoms with Crippen LogP contribution in [0.25, 0.3) is 10.8 Å². The monoisotopic (exact) mass is 642 g/mol. The molecule has 0 bridgehead atoms. The Bertz CT molecular complexity index is 1350. The third-order valence-corrected chi connectivity index (χ3v) is 8.07. The molecule has 0 amide bonds. The minimum Gasteiger partial charge on any atom is -0.386 e. The molecule has 1 aliphatic rings. The fourth-order valence-corrected chi connectivity index (χ4v) is 5.82. The Hall–Kier alpha value is -2.37. The average Bonchev–Trinajstić information content (AvgIpc) is 2.97. The van der Waals surface area contributed by atoms with Crippen molar-refractivity contribution in [1.29, 1.82) is 0 Å². The van der Waals surface area contributed by atoms with Crippen LogP contribution in [0.2, 0.25) is 0 Å². The van der Waals surface area contributed by atoms with Gasteiger partial charge in [-0.05, 0) is 75.1 Å². The lowest BCUT2D eigenvalue weighted by Gasteiger charge is -2.42. The highest BCUT2D eigenvalue weighted by Crippen LogP contribution is 2.31. The first-order valence-corrected chi connectivity index (χ1v) is 16.2. The van der Waals surface area contributed by atoms with Gasteiger partial charge in [-0.1, -0.05) is 70.2 Å². The van der Waals surface area contributed by atoms with Gasteiger partial charge in [0, 0.05) is 24.2 Å². The Morgan fingerprint density at radius 1 is 0.955 bits per heavy atom. The van der Waals surface area contributed by atoms with Crippen molar-refractivity contribution in [3.05, 3.63) is 76.6 Å². The van der Waals surface area contributed by atoms with Crippen LogP contribution in [0.15, 0.2) is 53.4 Å². The number of rotatable bonds is 6. The summed E-state index contributed by atoms with van der Waals surface area (Å²) in [7, 11) is -2.28. The van der Waals surface area contributed by atoms with Gasteiger partial charge in [0.1, 0.15) is 23.3 Å². The summed E-state index contributed by atoms with van der Waals surface area (Å²) in [4.78, 5) is 2.33. The summed E-state index contributed by atoms with van der Waals surface area (Å²) in [6.07, 6.45) is -4.53. The van der Waals surface area contributed by atoms with Crippen LogP contribution in [0.1, 0.15) is 77.6 Å². The minimum atomic E-state index is -4.53. The predicted molar refractivity (Wildman–Crippen MR) is 174 cm³/mol. The van der Waals surface area contributed by atoms with Crippen molar-refractivity contribution in [3.63, 3.8) is 0 Å². The standard InChI is InChI=1S/C18H23NO.C12H15F4NO2S.2C2H6/c1-14-8-9-15(17-7-5-4-6-16(14)17)12-19-10-11-20-13-18(19,2)3;1-7-4-5-8(9(10(7)13)11(2,3)18)20(19)17-6-12(14,15)16;2*1-2/h4-9H,10-13H2,1-3H3;4-5,17-18H,6H2,1-3H3;2*1-2H3. The molecule has 0 aromatic heterocycles. The quantitative estimate of drug-likeness (QED) is 0.266. The topological polar surface area (TPSA) is 61.8 Å². The maximum atomic E-state index is 14.0. The third kappa shape index (κ3) is 11.2. The summed E-state index contributed by atoms with van der Waals surface area (Å²) >= 11 is 0. The first-order chi connectivity index (χ1) is 20.5. The second-order valence-electron chi connectivity index (χ2n) is 11.2. The summed E-state index contributed by atoms with van der Waals surface area (Å²) in [6.45, 7) is 20.9. The Labute approximate surface area is 263 Å². The summed E-state index contributed by atoms with van der Waals surface area (Å²) < 4.78 is 69.5. The third-order valence-electron chi connectivity index (χ3n) is 6.92. The van der Waals surface area contributed by atoms with E-state index in [1.807, 2.05) is 27.7 Å². The van der Waals surface area contributed by atoms with E-state index in [0.717, 1.165) is 26.3 Å². The first-order valence-electron chi connectivity index (χ1n) is 15.1. The van der Waals surface area contributed by atoms with Crippen LogP contribution in [0.5, 0.6) is 0 Å². The number of hydrogen-bond donors (Lipinski definition) is 2. The van der Waals surface area contributed by atoms with Gasteiger partial charge < -0.3 is 9.84 Å². The zero-order chi connectivity index (χ0) is 33.9. The minimum absolute atomic E-state index is 0.115. The number of halogens is 4. The van der Waals surface area contributed by atoms with E-state index in [-0.39, 0.29) is 21.6 Å². The van der Waals surface area contributed by atoms with Gasteiger partial charge in [0.25, 0.3) is 0 Å². The smallest absolute Gasteiger partial charge is 0.386 e. The molecule has 1 saturated heterocycles. The molecule has 1 heterocycles. The molecule has 1 fully saturated rings. The fraction of sp³-hybridized carbons (Fsp3) is 0.529. The van der Waals surface area contributed by atoms with E-state index in [1.54, 1.807) is 4.72 Å². The molecule has 3 aromatic carbocycles. The zero-order valence-electron chi connectivity index (χ0n) is 27.8. The highest BCUT2D eigenvalue weighted by molar-refractivity contribution is 7.83. The van der Waals surface area contributed by atoms with E-state index < -0.39 is 35.1 Å². The molecule has 10 heteroatoms. The number of ether oxygens (including phenoxy) is 1. The number of nitrogens with zero attached hydrogens (tertiary/aromatic N) is 1. The van der Waals surface area contributed by atoms with Crippen LogP contribution >= 0.6 is 0 Å². The zero-order valence-corrected chi connectivity index (χ0v) is 28.6. The van der Waals surface area contributed by atoms with E-state index >= 15 is 0 Å². The lowest BCUT2D eigenvalue weighted by molar-refractivity contribution is -0.121. The number of morpholine rings is 1. The molecule has 1 aliphatic heterocycles. The normalized spacial score (nSPS) is 15.6. The van der Waals surface area contributed by atoms with Gasteiger partial charge in [-0.3, -0.25) is 4.90 Å². The summed E-state index contributed by atoms with van der Waals surface area (Å²) in [5.74, 6) is -0.780. The molecule has 248 valence electrons. The highest BCUT2D eigenvalue weighted by Gasteiger charge is 2.32. The van der Waals surface area contributed by atoms with E-state index in [0.29, 0.717) is 0 Å². The van der Waals surface area contributed by atoms with Gasteiger partial charge in [-0.2, -0.15) is 13.2 Å². The number of hydrogen-bond acceptors (Lipinski definition) is 4. The number of fused-ring (bicyclic) bond motifs is 1. The Morgan fingerprint density at radius 3 is 2.07 bits per heavy atom. The van der Waals surface area contributed by atoms with Crippen LogP contribution in [-0.4, -0.2) is 52.2 Å². The molecule has 4 rings (SSSR count). The molecular weight excluding hydrogens is 592 g/mol. The summed E-state index contributed by atoms with van der Waals surface area (Å²) in [6, 6.07) is 15.8. The average molecular weight is 643 g/mol. The maximum Gasteiger partial charge on any atom is 0.402 e. The molecule has 1 atom stereocenters. The fourth-order valence-electron chi connectivity index (χ4n) is 4.65. The molecule has 2 N–H and O–H groups in total. The van der Waals surface area contributed by atoms with Crippen LogP contribution in [-0.2, 0) is 27.9 Å². The van der Waals surface area contributed by atoms with Crippen molar-refractivity contribution in [2.75, 3.05) is 26.3 Å². The van der Waals surface area contributed by atoms with Crippen LogP contribution in [0.3, 0.4) is 0 Å². The van der Waals surface area contributed by atoms with E-state index in [9.17, 15) is 26.9 Å². The molecule has 1 unspecified atom stereocenters. The van der Waals surface area contributed by atoms with Gasteiger partial charge in [-0.25, -0.2) is 13.3 Å². The number of aliphatic hydroxyl groups is 1. The van der Waals surface area contributed by atoms with E-state index in [2.05, 4.69) is 62.1 Å². The van der Waals surface area contributed by atoms with Gasteiger partial charge >= 0.3 is 6.18 Å². The lowest BCUT2D eigenvalue weighted by Crippen LogP contribution is -2.52. The maximum absolute atomic E-state index is 14.0. The van der Waals surface area contributed by atoms with Gasteiger partial charge in [0.05, 0.1) is 23.7 Å². The van der Waals surface area contributed by atoms with Crippen molar-refractivity contribution >= 4 is 21.8 Å². The number of nitrogens with one attached hydrogen (secondary N) is 1. The number of aryl methyl sites for hydroxylation is 2. The van der Waals surface area contributed by atoms with Crippen molar-refractivity contribution in [1.82, 2.24) is 9.62 Å². The molecule has 5 nitrogen and oxygen atoms in total. The van der Waals surface area contributed by atoms with Gasteiger partial charge in [0.15, 0.2) is 0 Å². The SMILES string of the molecule is CC.CC.Cc1ccc(CN2CCOCC2(C)C)c2ccccc12.Cc1ccc(S(=O)NCC(F)(F)F)c(C(C)(C)O)c1F. The molecule has 0 spiro atoms. The van der Waals surface area contributed by atoms with Crippen molar-refractivity contribution in [2.45, 2.75) is 98.0 Å². The predicted octanol–water partition coefficient (Wildman–Crippen LogP) is 8.35.